The SMILES string of the molecule is CC(C)n1c(SCc2ccc(Cl)c(Cl)c2)nnc1-c1ccco1. The van der Waals surface area contributed by atoms with E-state index in [4.69, 9.17) is 27.6 Å². The molecule has 0 saturated heterocycles. The molecule has 0 fully saturated rings. The highest BCUT2D eigenvalue weighted by Crippen LogP contribution is 2.31. The van der Waals surface area contributed by atoms with Gasteiger partial charge in [0.15, 0.2) is 10.9 Å². The molecule has 0 atom stereocenters. The molecule has 0 saturated carbocycles. The normalized spacial score (nSPS) is 11.3. The highest BCUT2D eigenvalue weighted by atomic mass is 35.5. The Morgan fingerprint density at radius 2 is 2.00 bits per heavy atom. The lowest BCUT2D eigenvalue weighted by atomic mass is 10.2. The van der Waals surface area contributed by atoms with E-state index in [1.54, 1.807) is 24.1 Å². The first kappa shape index (κ1) is 16.4. The lowest BCUT2D eigenvalue weighted by Crippen LogP contribution is -2.04. The monoisotopic (exact) mass is 367 g/mol. The fourth-order valence-corrected chi connectivity index (χ4v) is 3.52. The molecule has 0 radical (unpaired) electrons. The van der Waals surface area contributed by atoms with Crippen molar-refractivity contribution in [1.82, 2.24) is 14.8 Å². The zero-order valence-electron chi connectivity index (χ0n) is 12.7. The van der Waals surface area contributed by atoms with Crippen molar-refractivity contribution in [2.24, 2.45) is 0 Å². The first-order valence-electron chi connectivity index (χ1n) is 7.11. The molecule has 3 rings (SSSR count). The molecule has 23 heavy (non-hydrogen) atoms. The summed E-state index contributed by atoms with van der Waals surface area (Å²) in [5, 5.41) is 10.5. The van der Waals surface area contributed by atoms with E-state index in [0.29, 0.717) is 15.8 Å². The van der Waals surface area contributed by atoms with Crippen LogP contribution in [-0.4, -0.2) is 14.8 Å². The van der Waals surface area contributed by atoms with Gasteiger partial charge < -0.3 is 4.42 Å². The van der Waals surface area contributed by atoms with Crippen molar-refractivity contribution in [3.8, 4) is 11.6 Å². The van der Waals surface area contributed by atoms with Gasteiger partial charge >= 0.3 is 0 Å². The summed E-state index contributed by atoms with van der Waals surface area (Å²) in [6.45, 7) is 4.19. The Morgan fingerprint density at radius 1 is 1.17 bits per heavy atom. The van der Waals surface area contributed by atoms with E-state index in [0.717, 1.165) is 22.3 Å². The largest absolute Gasteiger partial charge is 0.461 e. The van der Waals surface area contributed by atoms with Crippen molar-refractivity contribution in [3.05, 3.63) is 52.2 Å². The Balaban J connectivity index is 1.84. The fourth-order valence-electron chi connectivity index (χ4n) is 2.19. The van der Waals surface area contributed by atoms with Gasteiger partial charge in [-0.2, -0.15) is 0 Å². The van der Waals surface area contributed by atoms with Gasteiger partial charge in [0.25, 0.3) is 0 Å². The lowest BCUT2D eigenvalue weighted by Gasteiger charge is -2.12. The number of nitrogens with zero attached hydrogens (tertiary/aromatic N) is 3. The third-order valence-corrected chi connectivity index (χ3v) is 5.03. The van der Waals surface area contributed by atoms with Crippen LogP contribution < -0.4 is 0 Å². The van der Waals surface area contributed by atoms with Crippen molar-refractivity contribution in [3.63, 3.8) is 0 Å². The van der Waals surface area contributed by atoms with Crippen LogP contribution in [0.15, 0.2) is 46.2 Å². The van der Waals surface area contributed by atoms with Crippen molar-refractivity contribution >= 4 is 35.0 Å². The highest BCUT2D eigenvalue weighted by molar-refractivity contribution is 7.98. The van der Waals surface area contributed by atoms with Crippen molar-refractivity contribution < 1.29 is 4.42 Å². The summed E-state index contributed by atoms with van der Waals surface area (Å²) in [6, 6.07) is 9.60. The topological polar surface area (TPSA) is 43.9 Å². The van der Waals surface area contributed by atoms with E-state index < -0.39 is 0 Å². The zero-order chi connectivity index (χ0) is 16.4. The second-order valence-electron chi connectivity index (χ2n) is 5.28. The maximum Gasteiger partial charge on any atom is 0.200 e. The van der Waals surface area contributed by atoms with Gasteiger partial charge in [-0.05, 0) is 43.7 Å². The second kappa shape index (κ2) is 6.99. The van der Waals surface area contributed by atoms with E-state index >= 15 is 0 Å². The molecule has 4 nitrogen and oxygen atoms in total. The Bertz CT molecular complexity index is 800. The molecular weight excluding hydrogens is 353 g/mol. The summed E-state index contributed by atoms with van der Waals surface area (Å²) in [7, 11) is 0. The molecule has 0 amide bonds. The minimum absolute atomic E-state index is 0.224. The molecule has 120 valence electrons. The van der Waals surface area contributed by atoms with Crippen LogP contribution >= 0.6 is 35.0 Å². The van der Waals surface area contributed by atoms with Crippen LogP contribution in [0, 0.1) is 0 Å². The van der Waals surface area contributed by atoms with Crippen molar-refractivity contribution in [2.75, 3.05) is 0 Å². The van der Waals surface area contributed by atoms with Crippen LogP contribution in [0.1, 0.15) is 25.5 Å². The molecule has 0 N–H and O–H groups in total. The number of thioether (sulfide) groups is 1. The molecular formula is C16H15Cl2N3OS. The Kier molecular flexibility index (Phi) is 4.99. The molecule has 0 bridgehead atoms. The minimum Gasteiger partial charge on any atom is -0.461 e. The van der Waals surface area contributed by atoms with Crippen LogP contribution in [0.3, 0.4) is 0 Å². The molecule has 3 aromatic rings. The average molecular weight is 368 g/mol. The quantitative estimate of drug-likeness (QED) is 0.541. The smallest absolute Gasteiger partial charge is 0.200 e. The first-order chi connectivity index (χ1) is 11.1. The Hall–Kier alpha value is -1.43. The van der Waals surface area contributed by atoms with Crippen molar-refractivity contribution in [1.29, 1.82) is 0 Å². The Labute approximate surface area is 148 Å². The molecule has 2 aromatic heterocycles. The van der Waals surface area contributed by atoms with Crippen LogP contribution in [0.4, 0.5) is 0 Å². The van der Waals surface area contributed by atoms with E-state index in [1.807, 2.05) is 24.3 Å². The second-order valence-corrected chi connectivity index (χ2v) is 7.04. The third-order valence-electron chi connectivity index (χ3n) is 3.27. The summed E-state index contributed by atoms with van der Waals surface area (Å²) in [5.41, 5.74) is 1.09. The molecule has 0 aliphatic heterocycles. The number of rotatable bonds is 5. The van der Waals surface area contributed by atoms with Gasteiger partial charge in [0.2, 0.25) is 5.82 Å². The van der Waals surface area contributed by atoms with Gasteiger partial charge in [-0.1, -0.05) is 41.0 Å². The van der Waals surface area contributed by atoms with Crippen LogP contribution in [-0.2, 0) is 5.75 Å². The van der Waals surface area contributed by atoms with Gasteiger partial charge in [0.1, 0.15) is 0 Å². The predicted molar refractivity (Wildman–Crippen MR) is 94.1 cm³/mol. The van der Waals surface area contributed by atoms with Gasteiger partial charge in [0.05, 0.1) is 16.3 Å². The highest BCUT2D eigenvalue weighted by Gasteiger charge is 2.18. The zero-order valence-corrected chi connectivity index (χ0v) is 15.0. The molecule has 2 heterocycles. The number of hydrogen-bond acceptors (Lipinski definition) is 4. The molecule has 0 spiro atoms. The van der Waals surface area contributed by atoms with Crippen LogP contribution in [0.25, 0.3) is 11.6 Å². The molecule has 0 aliphatic carbocycles. The molecule has 0 aliphatic rings. The fraction of sp³-hybridized carbons (Fsp3) is 0.250. The van der Waals surface area contributed by atoms with Gasteiger partial charge in [-0.25, -0.2) is 0 Å². The van der Waals surface area contributed by atoms with E-state index in [1.165, 1.54) is 0 Å². The molecule has 1 aromatic carbocycles. The van der Waals surface area contributed by atoms with E-state index in [9.17, 15) is 0 Å². The maximum atomic E-state index is 6.06. The standard InChI is InChI=1S/C16H15Cl2N3OS/c1-10(2)21-15(14-4-3-7-22-14)19-20-16(21)23-9-11-5-6-12(17)13(18)8-11/h3-8,10H,9H2,1-2H3. The lowest BCUT2D eigenvalue weighted by molar-refractivity contribution is 0.529. The number of halogens is 2. The van der Waals surface area contributed by atoms with E-state index in [-0.39, 0.29) is 6.04 Å². The summed E-state index contributed by atoms with van der Waals surface area (Å²) in [5.74, 6) is 2.19. The number of furan rings is 1. The number of aromatic nitrogens is 3. The van der Waals surface area contributed by atoms with Crippen LogP contribution in [0.2, 0.25) is 10.0 Å². The average Bonchev–Trinajstić information content (AvgIpc) is 3.16. The predicted octanol–water partition coefficient (Wildman–Crippen LogP) is 5.72. The minimum atomic E-state index is 0.224. The van der Waals surface area contributed by atoms with Gasteiger partial charge in [-0.3, -0.25) is 4.57 Å². The Morgan fingerprint density at radius 3 is 2.65 bits per heavy atom. The molecule has 0 unspecified atom stereocenters. The summed E-state index contributed by atoms with van der Waals surface area (Å²) < 4.78 is 7.52. The van der Waals surface area contributed by atoms with Crippen molar-refractivity contribution in [2.45, 2.75) is 30.8 Å². The first-order valence-corrected chi connectivity index (χ1v) is 8.86. The summed E-state index contributed by atoms with van der Waals surface area (Å²) >= 11 is 13.6. The van der Waals surface area contributed by atoms with Gasteiger partial charge in [0, 0.05) is 11.8 Å². The third kappa shape index (κ3) is 3.57. The summed E-state index contributed by atoms with van der Waals surface area (Å²) in [6.07, 6.45) is 1.64. The number of benzene rings is 1. The van der Waals surface area contributed by atoms with Gasteiger partial charge in [-0.15, -0.1) is 10.2 Å². The van der Waals surface area contributed by atoms with E-state index in [2.05, 4.69) is 28.6 Å². The summed E-state index contributed by atoms with van der Waals surface area (Å²) in [4.78, 5) is 0. The van der Waals surface area contributed by atoms with Crippen LogP contribution in [0.5, 0.6) is 0 Å². The maximum absolute atomic E-state index is 6.06. The molecule has 7 heteroatoms. The number of hydrogen-bond donors (Lipinski definition) is 0.